The number of rotatable bonds is 6. The summed E-state index contributed by atoms with van der Waals surface area (Å²) < 4.78 is 5.39. The lowest BCUT2D eigenvalue weighted by atomic mass is 10.1. The molecule has 0 spiro atoms. The minimum absolute atomic E-state index is 0.121. The number of hydrogen-bond donors (Lipinski definition) is 2. The standard InChI is InChI=1S/C15H22N2O4/c1-10(2)21-8-7-17(4)15(20)16-13-9-12(14(18)19)6-5-11(13)3/h5-6,9-10H,7-8H2,1-4H3,(H,16,20)(H,18,19). The van der Waals surface area contributed by atoms with Crippen LogP contribution in [0, 0.1) is 6.92 Å². The summed E-state index contributed by atoms with van der Waals surface area (Å²) in [6.45, 7) is 6.59. The molecule has 0 aromatic heterocycles. The van der Waals surface area contributed by atoms with Crippen LogP contribution in [0.15, 0.2) is 18.2 Å². The highest BCUT2D eigenvalue weighted by Crippen LogP contribution is 2.17. The first-order valence-corrected chi connectivity index (χ1v) is 6.79. The number of benzene rings is 1. The second-order valence-corrected chi connectivity index (χ2v) is 5.11. The second kappa shape index (κ2) is 7.64. The van der Waals surface area contributed by atoms with Crippen LogP contribution in [-0.4, -0.2) is 48.3 Å². The normalized spacial score (nSPS) is 10.5. The van der Waals surface area contributed by atoms with Gasteiger partial charge in [0.05, 0.1) is 18.3 Å². The van der Waals surface area contributed by atoms with E-state index < -0.39 is 5.97 Å². The zero-order chi connectivity index (χ0) is 16.0. The molecule has 1 aromatic carbocycles. The third-order valence-electron chi connectivity index (χ3n) is 2.95. The molecule has 0 bridgehead atoms. The Morgan fingerprint density at radius 1 is 1.38 bits per heavy atom. The van der Waals surface area contributed by atoms with Gasteiger partial charge >= 0.3 is 12.0 Å². The number of likely N-dealkylation sites (N-methyl/N-ethyl adjacent to an activating group) is 1. The van der Waals surface area contributed by atoms with Crippen LogP contribution in [0.4, 0.5) is 10.5 Å². The molecule has 0 aliphatic heterocycles. The molecule has 2 N–H and O–H groups in total. The number of anilines is 1. The van der Waals surface area contributed by atoms with E-state index in [1.54, 1.807) is 13.1 Å². The van der Waals surface area contributed by atoms with E-state index >= 15 is 0 Å². The Morgan fingerprint density at radius 3 is 2.62 bits per heavy atom. The third-order valence-corrected chi connectivity index (χ3v) is 2.95. The number of amides is 2. The fraction of sp³-hybridized carbons (Fsp3) is 0.467. The predicted molar refractivity (Wildman–Crippen MR) is 80.9 cm³/mol. The molecule has 0 fully saturated rings. The maximum atomic E-state index is 12.0. The van der Waals surface area contributed by atoms with Crippen molar-refractivity contribution in [3.05, 3.63) is 29.3 Å². The van der Waals surface area contributed by atoms with Crippen molar-refractivity contribution in [2.75, 3.05) is 25.5 Å². The number of carbonyl (C=O) groups excluding carboxylic acids is 1. The van der Waals surface area contributed by atoms with Crippen LogP contribution in [0.1, 0.15) is 29.8 Å². The van der Waals surface area contributed by atoms with Gasteiger partial charge in [0.15, 0.2) is 0 Å². The number of aromatic carboxylic acids is 1. The van der Waals surface area contributed by atoms with E-state index in [1.807, 2.05) is 20.8 Å². The van der Waals surface area contributed by atoms with Crippen molar-refractivity contribution in [3.63, 3.8) is 0 Å². The van der Waals surface area contributed by atoms with E-state index in [1.165, 1.54) is 17.0 Å². The Morgan fingerprint density at radius 2 is 2.05 bits per heavy atom. The minimum Gasteiger partial charge on any atom is -0.478 e. The summed E-state index contributed by atoms with van der Waals surface area (Å²) in [5.41, 5.74) is 1.44. The smallest absolute Gasteiger partial charge is 0.335 e. The SMILES string of the molecule is Cc1ccc(C(=O)O)cc1NC(=O)N(C)CCOC(C)C. The Bertz CT molecular complexity index is 514. The summed E-state index contributed by atoms with van der Waals surface area (Å²) in [5.74, 6) is -1.02. The first kappa shape index (κ1) is 17.0. The highest BCUT2D eigenvalue weighted by atomic mass is 16.5. The van der Waals surface area contributed by atoms with E-state index in [4.69, 9.17) is 9.84 Å². The Balaban J connectivity index is 2.65. The number of aryl methyl sites for hydroxylation is 1. The molecule has 0 unspecified atom stereocenters. The number of hydrogen-bond acceptors (Lipinski definition) is 3. The van der Waals surface area contributed by atoms with Crippen LogP contribution >= 0.6 is 0 Å². The molecule has 0 radical (unpaired) electrons. The summed E-state index contributed by atoms with van der Waals surface area (Å²) in [4.78, 5) is 24.5. The quantitative estimate of drug-likeness (QED) is 0.845. The molecule has 1 rings (SSSR count). The van der Waals surface area contributed by atoms with Crippen molar-refractivity contribution in [3.8, 4) is 0 Å². The monoisotopic (exact) mass is 294 g/mol. The van der Waals surface area contributed by atoms with E-state index in [0.717, 1.165) is 5.56 Å². The lowest BCUT2D eigenvalue weighted by molar-refractivity contribution is 0.0690. The lowest BCUT2D eigenvalue weighted by Gasteiger charge is -2.19. The molecule has 6 heteroatoms. The number of nitrogens with zero attached hydrogens (tertiary/aromatic N) is 1. The number of nitrogens with one attached hydrogen (secondary N) is 1. The van der Waals surface area contributed by atoms with Gasteiger partial charge in [-0.3, -0.25) is 0 Å². The number of carboxylic acid groups (broad SMARTS) is 1. The summed E-state index contributed by atoms with van der Waals surface area (Å²) in [5, 5.41) is 11.7. The summed E-state index contributed by atoms with van der Waals surface area (Å²) >= 11 is 0. The van der Waals surface area contributed by atoms with Crippen molar-refractivity contribution >= 4 is 17.7 Å². The van der Waals surface area contributed by atoms with E-state index in [9.17, 15) is 9.59 Å². The molecule has 0 aliphatic carbocycles. The number of ether oxygens (including phenoxy) is 1. The summed E-state index contributed by atoms with van der Waals surface area (Å²) in [6, 6.07) is 4.33. The molecule has 0 heterocycles. The van der Waals surface area contributed by atoms with Crippen LogP contribution in [0.25, 0.3) is 0 Å². The van der Waals surface area contributed by atoms with Gasteiger partial charge in [0.1, 0.15) is 0 Å². The van der Waals surface area contributed by atoms with E-state index in [-0.39, 0.29) is 17.7 Å². The minimum atomic E-state index is -1.02. The molecule has 0 aliphatic rings. The van der Waals surface area contributed by atoms with Crippen molar-refractivity contribution in [2.24, 2.45) is 0 Å². The van der Waals surface area contributed by atoms with Gasteiger partial charge in [-0.05, 0) is 38.5 Å². The summed E-state index contributed by atoms with van der Waals surface area (Å²) in [6.07, 6.45) is 0.121. The number of carboxylic acids is 1. The van der Waals surface area contributed by atoms with Gasteiger partial charge < -0.3 is 20.1 Å². The van der Waals surface area contributed by atoms with Gasteiger partial charge in [0.25, 0.3) is 0 Å². The van der Waals surface area contributed by atoms with Gasteiger partial charge in [-0.2, -0.15) is 0 Å². The predicted octanol–water partition coefficient (Wildman–Crippen LogP) is 2.58. The van der Waals surface area contributed by atoms with Crippen LogP contribution in [0.5, 0.6) is 0 Å². The average molecular weight is 294 g/mol. The maximum Gasteiger partial charge on any atom is 0.335 e. The highest BCUT2D eigenvalue weighted by Gasteiger charge is 2.12. The van der Waals surface area contributed by atoms with Crippen molar-refractivity contribution in [1.82, 2.24) is 4.90 Å². The highest BCUT2D eigenvalue weighted by molar-refractivity contribution is 5.93. The van der Waals surface area contributed by atoms with Gasteiger partial charge in [-0.25, -0.2) is 9.59 Å². The van der Waals surface area contributed by atoms with Crippen LogP contribution in [-0.2, 0) is 4.74 Å². The third kappa shape index (κ3) is 5.43. The fourth-order valence-corrected chi connectivity index (χ4v) is 1.63. The van der Waals surface area contributed by atoms with Gasteiger partial charge in [0.2, 0.25) is 0 Å². The molecule has 0 saturated heterocycles. The Labute approximate surface area is 124 Å². The number of urea groups is 1. The second-order valence-electron chi connectivity index (χ2n) is 5.11. The maximum absolute atomic E-state index is 12.0. The largest absolute Gasteiger partial charge is 0.478 e. The van der Waals surface area contributed by atoms with Crippen molar-refractivity contribution in [1.29, 1.82) is 0 Å². The number of carbonyl (C=O) groups is 2. The van der Waals surface area contributed by atoms with Gasteiger partial charge in [-0.15, -0.1) is 0 Å². The van der Waals surface area contributed by atoms with Crippen LogP contribution in [0.2, 0.25) is 0 Å². The molecule has 6 nitrogen and oxygen atoms in total. The lowest BCUT2D eigenvalue weighted by Crippen LogP contribution is -2.34. The molecular weight excluding hydrogens is 272 g/mol. The molecule has 2 amide bonds. The molecule has 0 saturated carbocycles. The fourth-order valence-electron chi connectivity index (χ4n) is 1.63. The topological polar surface area (TPSA) is 78.9 Å². The Kier molecular flexibility index (Phi) is 6.17. The van der Waals surface area contributed by atoms with Crippen LogP contribution in [0.3, 0.4) is 0 Å². The van der Waals surface area contributed by atoms with Crippen molar-refractivity contribution < 1.29 is 19.4 Å². The van der Waals surface area contributed by atoms with E-state index in [0.29, 0.717) is 18.8 Å². The zero-order valence-corrected chi connectivity index (χ0v) is 12.8. The molecule has 21 heavy (non-hydrogen) atoms. The zero-order valence-electron chi connectivity index (χ0n) is 12.8. The summed E-state index contributed by atoms with van der Waals surface area (Å²) in [7, 11) is 1.66. The van der Waals surface area contributed by atoms with Crippen molar-refractivity contribution in [2.45, 2.75) is 26.9 Å². The molecular formula is C15H22N2O4. The molecule has 116 valence electrons. The van der Waals surface area contributed by atoms with Gasteiger partial charge in [0, 0.05) is 19.3 Å². The first-order valence-electron chi connectivity index (χ1n) is 6.79. The molecule has 1 aromatic rings. The van der Waals surface area contributed by atoms with E-state index in [2.05, 4.69) is 5.32 Å². The average Bonchev–Trinajstić information content (AvgIpc) is 2.40. The Hall–Kier alpha value is -2.08. The first-order chi connectivity index (χ1) is 9.81. The molecule has 0 atom stereocenters. The van der Waals surface area contributed by atoms with Gasteiger partial charge in [-0.1, -0.05) is 6.07 Å². The van der Waals surface area contributed by atoms with Crippen LogP contribution < -0.4 is 5.32 Å².